The molecule has 0 bridgehead atoms. The number of hydrogen-bond donors (Lipinski definition) is 0. The number of carbonyl (C=O) groups is 1. The number of benzene rings is 2. The number of hydrogen-bond acceptors (Lipinski definition) is 3. The quantitative estimate of drug-likeness (QED) is 0.360. The third-order valence-corrected chi connectivity index (χ3v) is 5.45. The molecule has 0 saturated heterocycles. The molecule has 2 heterocycles. The molecule has 0 unspecified atom stereocenters. The molecule has 0 N–H and O–H groups in total. The molecule has 1 amide bonds. The summed E-state index contributed by atoms with van der Waals surface area (Å²) in [6, 6.07) is 17.5. The third-order valence-electron chi connectivity index (χ3n) is 5.12. The summed E-state index contributed by atoms with van der Waals surface area (Å²) in [6.45, 7) is 6.75. The van der Waals surface area contributed by atoms with Crippen molar-refractivity contribution in [1.82, 2.24) is 9.88 Å². The molecule has 4 nitrogen and oxygen atoms in total. The van der Waals surface area contributed by atoms with Gasteiger partial charge in [0.1, 0.15) is 10.9 Å². The van der Waals surface area contributed by atoms with Gasteiger partial charge in [0.05, 0.1) is 18.3 Å². The van der Waals surface area contributed by atoms with Crippen molar-refractivity contribution in [1.29, 1.82) is 0 Å². The summed E-state index contributed by atoms with van der Waals surface area (Å²) >= 11 is 6.54. The van der Waals surface area contributed by atoms with E-state index < -0.39 is 0 Å². The largest absolute Gasteiger partial charge is 0.467 e. The lowest BCUT2D eigenvalue weighted by Gasteiger charge is -2.23. The molecule has 30 heavy (non-hydrogen) atoms. The molecule has 0 saturated carbocycles. The molecule has 0 aliphatic carbocycles. The van der Waals surface area contributed by atoms with Gasteiger partial charge in [-0.2, -0.15) is 0 Å². The van der Waals surface area contributed by atoms with Crippen molar-refractivity contribution in [3.8, 4) is 0 Å². The summed E-state index contributed by atoms with van der Waals surface area (Å²) in [4.78, 5) is 19.7. The number of carbonyl (C=O) groups excluding carboxylic acids is 1. The van der Waals surface area contributed by atoms with Crippen LogP contribution in [0.25, 0.3) is 10.9 Å². The van der Waals surface area contributed by atoms with Crippen LogP contribution < -0.4 is 0 Å². The number of aryl methyl sites for hydroxylation is 3. The lowest BCUT2D eigenvalue weighted by molar-refractivity contribution is 0.0717. The SMILES string of the molecule is Cc1cccc(C(=O)N(Cc2ccco2)Cc2cc3cc(C)cc(C)c3nc2Cl)c1. The fraction of sp³-hybridized carbons (Fsp3) is 0.200. The lowest BCUT2D eigenvalue weighted by Crippen LogP contribution is -2.30. The van der Waals surface area contributed by atoms with E-state index >= 15 is 0 Å². The molecule has 4 aromatic rings. The van der Waals surface area contributed by atoms with Crippen LogP contribution in [0.4, 0.5) is 0 Å². The van der Waals surface area contributed by atoms with Crippen LogP contribution in [0.3, 0.4) is 0 Å². The monoisotopic (exact) mass is 418 g/mol. The van der Waals surface area contributed by atoms with E-state index in [4.69, 9.17) is 16.0 Å². The minimum Gasteiger partial charge on any atom is -0.467 e. The fourth-order valence-electron chi connectivity index (χ4n) is 3.74. The predicted molar refractivity (Wildman–Crippen MR) is 120 cm³/mol. The van der Waals surface area contributed by atoms with Crippen molar-refractivity contribution in [2.45, 2.75) is 33.9 Å². The van der Waals surface area contributed by atoms with Crippen molar-refractivity contribution in [2.75, 3.05) is 0 Å². The van der Waals surface area contributed by atoms with E-state index in [1.165, 1.54) is 5.56 Å². The minimum absolute atomic E-state index is 0.0771. The Balaban J connectivity index is 1.72. The van der Waals surface area contributed by atoms with Crippen LogP contribution in [0, 0.1) is 20.8 Å². The highest BCUT2D eigenvalue weighted by Gasteiger charge is 2.20. The molecule has 5 heteroatoms. The number of pyridine rings is 1. The van der Waals surface area contributed by atoms with Gasteiger partial charge in [-0.05, 0) is 62.7 Å². The Kier molecular flexibility index (Phi) is 5.60. The molecule has 0 atom stereocenters. The molecule has 0 radical (unpaired) electrons. The summed E-state index contributed by atoms with van der Waals surface area (Å²) in [5.74, 6) is 0.638. The second-order valence-electron chi connectivity index (χ2n) is 7.70. The van der Waals surface area contributed by atoms with Crippen molar-refractivity contribution < 1.29 is 9.21 Å². The van der Waals surface area contributed by atoms with E-state index in [2.05, 4.69) is 24.0 Å². The zero-order valence-corrected chi connectivity index (χ0v) is 18.0. The zero-order chi connectivity index (χ0) is 21.3. The van der Waals surface area contributed by atoms with Gasteiger partial charge in [0.15, 0.2) is 0 Å². The smallest absolute Gasteiger partial charge is 0.254 e. The van der Waals surface area contributed by atoms with E-state index in [1.807, 2.05) is 56.3 Å². The first kappa shape index (κ1) is 20.2. The number of halogens is 1. The number of aromatic nitrogens is 1. The van der Waals surface area contributed by atoms with E-state index in [0.29, 0.717) is 29.6 Å². The molecule has 2 aromatic heterocycles. The Morgan fingerprint density at radius 1 is 1.00 bits per heavy atom. The minimum atomic E-state index is -0.0771. The fourth-order valence-corrected chi connectivity index (χ4v) is 3.94. The molecular weight excluding hydrogens is 396 g/mol. The van der Waals surface area contributed by atoms with Crippen LogP contribution in [0.5, 0.6) is 0 Å². The Morgan fingerprint density at radius 2 is 1.83 bits per heavy atom. The van der Waals surface area contributed by atoms with E-state index in [9.17, 15) is 4.79 Å². The summed E-state index contributed by atoms with van der Waals surface area (Å²) in [6.07, 6.45) is 1.61. The van der Waals surface area contributed by atoms with E-state index in [1.54, 1.807) is 11.2 Å². The van der Waals surface area contributed by atoms with Gasteiger partial charge in [-0.25, -0.2) is 4.98 Å². The van der Waals surface area contributed by atoms with Gasteiger partial charge in [-0.1, -0.05) is 40.9 Å². The molecule has 4 rings (SSSR count). The first-order chi connectivity index (χ1) is 14.4. The van der Waals surface area contributed by atoms with Gasteiger partial charge in [0.25, 0.3) is 5.91 Å². The highest BCUT2D eigenvalue weighted by molar-refractivity contribution is 6.30. The summed E-state index contributed by atoms with van der Waals surface area (Å²) in [7, 11) is 0. The first-order valence-electron chi connectivity index (χ1n) is 9.85. The number of nitrogens with zero attached hydrogens (tertiary/aromatic N) is 2. The zero-order valence-electron chi connectivity index (χ0n) is 17.3. The third kappa shape index (κ3) is 4.24. The molecular formula is C25H23ClN2O2. The average molecular weight is 419 g/mol. The van der Waals surface area contributed by atoms with Crippen molar-refractivity contribution in [2.24, 2.45) is 0 Å². The lowest BCUT2D eigenvalue weighted by atomic mass is 10.0. The first-order valence-corrected chi connectivity index (χ1v) is 10.2. The average Bonchev–Trinajstić information content (AvgIpc) is 3.21. The van der Waals surface area contributed by atoms with Gasteiger partial charge in [0.2, 0.25) is 0 Å². The molecule has 0 aliphatic rings. The second-order valence-corrected chi connectivity index (χ2v) is 8.06. The normalized spacial score (nSPS) is 11.1. The standard InChI is InChI=1S/C25H23ClN2O2/c1-16-6-4-7-19(11-16)25(29)28(15-22-8-5-9-30-22)14-21-13-20-12-17(2)10-18(3)23(20)27-24(21)26/h4-13H,14-15H2,1-3H3. The highest BCUT2D eigenvalue weighted by Crippen LogP contribution is 2.26. The summed E-state index contributed by atoms with van der Waals surface area (Å²) in [5, 5.41) is 1.43. The second kappa shape index (κ2) is 8.33. The van der Waals surface area contributed by atoms with Gasteiger partial charge in [0, 0.05) is 23.1 Å². The molecule has 0 aliphatic heterocycles. The van der Waals surface area contributed by atoms with Crippen molar-refractivity contribution in [3.05, 3.63) is 99.6 Å². The van der Waals surface area contributed by atoms with Gasteiger partial charge < -0.3 is 9.32 Å². The van der Waals surface area contributed by atoms with Crippen LogP contribution in [-0.2, 0) is 13.1 Å². The van der Waals surface area contributed by atoms with Crippen LogP contribution in [0.15, 0.2) is 65.3 Å². The van der Waals surface area contributed by atoms with Crippen molar-refractivity contribution >= 4 is 28.4 Å². The number of rotatable bonds is 5. The Hall–Kier alpha value is -3.11. The van der Waals surface area contributed by atoms with Crippen LogP contribution in [0.1, 0.15) is 38.4 Å². The topological polar surface area (TPSA) is 46.3 Å². The number of amides is 1. The molecule has 0 fully saturated rings. The maximum absolute atomic E-state index is 13.3. The maximum Gasteiger partial charge on any atom is 0.254 e. The molecule has 2 aromatic carbocycles. The van der Waals surface area contributed by atoms with Gasteiger partial charge in [-0.3, -0.25) is 4.79 Å². The summed E-state index contributed by atoms with van der Waals surface area (Å²) < 4.78 is 5.50. The number of furan rings is 1. The Labute approximate surface area is 181 Å². The molecule has 0 spiro atoms. The maximum atomic E-state index is 13.3. The Bertz CT molecular complexity index is 1220. The van der Waals surface area contributed by atoms with Crippen LogP contribution in [-0.4, -0.2) is 15.8 Å². The van der Waals surface area contributed by atoms with Crippen molar-refractivity contribution in [3.63, 3.8) is 0 Å². The highest BCUT2D eigenvalue weighted by atomic mass is 35.5. The molecule has 152 valence electrons. The van der Waals surface area contributed by atoms with E-state index in [0.717, 1.165) is 27.6 Å². The Morgan fingerprint density at radius 3 is 2.57 bits per heavy atom. The number of fused-ring (bicyclic) bond motifs is 1. The predicted octanol–water partition coefficient (Wildman–Crippen LogP) is 6.25. The van der Waals surface area contributed by atoms with Crippen LogP contribution >= 0.6 is 11.6 Å². The van der Waals surface area contributed by atoms with Gasteiger partial charge in [-0.15, -0.1) is 0 Å². The van der Waals surface area contributed by atoms with E-state index in [-0.39, 0.29) is 5.91 Å². The van der Waals surface area contributed by atoms with Gasteiger partial charge >= 0.3 is 0 Å². The van der Waals surface area contributed by atoms with Crippen LogP contribution in [0.2, 0.25) is 5.15 Å². The summed E-state index contributed by atoms with van der Waals surface area (Å²) in [5.41, 5.74) is 5.62.